The number of ether oxygens (including phenoxy) is 1. The Morgan fingerprint density at radius 1 is 1.50 bits per heavy atom. The van der Waals surface area contributed by atoms with Gasteiger partial charge < -0.3 is 9.64 Å². The number of pyridine rings is 1. The number of nitriles is 1. The van der Waals surface area contributed by atoms with Crippen molar-refractivity contribution in [3.63, 3.8) is 0 Å². The smallest absolute Gasteiger partial charge is 0.306 e. The maximum atomic E-state index is 12.0. The number of halogens is 1. The van der Waals surface area contributed by atoms with Crippen molar-refractivity contribution in [3.05, 3.63) is 17.3 Å². The summed E-state index contributed by atoms with van der Waals surface area (Å²) in [5.74, 6) is 2.12. The minimum absolute atomic E-state index is 0.144. The van der Waals surface area contributed by atoms with Crippen molar-refractivity contribution in [3.8, 4) is 6.07 Å². The van der Waals surface area contributed by atoms with Crippen molar-refractivity contribution < 1.29 is 9.53 Å². The van der Waals surface area contributed by atoms with Gasteiger partial charge in [-0.15, -0.1) is 11.8 Å². The molecule has 28 heavy (non-hydrogen) atoms. The maximum Gasteiger partial charge on any atom is 0.306 e. The van der Waals surface area contributed by atoms with Crippen LogP contribution >= 0.6 is 23.4 Å². The first-order valence-corrected chi connectivity index (χ1v) is 11.5. The molecular formula is C21H30ClN3O2S. The van der Waals surface area contributed by atoms with Crippen LogP contribution in [0.4, 0.5) is 5.82 Å². The van der Waals surface area contributed by atoms with Gasteiger partial charge in [0.05, 0.1) is 24.1 Å². The third kappa shape index (κ3) is 6.86. The second-order valence-electron chi connectivity index (χ2n) is 7.28. The van der Waals surface area contributed by atoms with Gasteiger partial charge in [0.1, 0.15) is 5.82 Å². The van der Waals surface area contributed by atoms with E-state index in [9.17, 15) is 4.79 Å². The number of aromatic nitrogens is 1. The SMILES string of the molecule is CCCCC(CC)COC(=O)CCSc1ccnc(N2CC(CC#N)C2)c1Cl. The van der Waals surface area contributed by atoms with Crippen molar-refractivity contribution in [1.29, 1.82) is 5.26 Å². The van der Waals surface area contributed by atoms with Crippen LogP contribution in [0.5, 0.6) is 0 Å². The Labute approximate surface area is 177 Å². The molecule has 0 spiro atoms. The number of hydrogen-bond acceptors (Lipinski definition) is 6. The van der Waals surface area contributed by atoms with Crippen molar-refractivity contribution in [1.82, 2.24) is 4.98 Å². The number of esters is 1. The lowest BCUT2D eigenvalue weighted by atomic mass is 9.97. The molecule has 0 N–H and O–H groups in total. The summed E-state index contributed by atoms with van der Waals surface area (Å²) in [5.41, 5.74) is 0. The lowest BCUT2D eigenvalue weighted by Gasteiger charge is -2.39. The summed E-state index contributed by atoms with van der Waals surface area (Å²) in [7, 11) is 0. The van der Waals surface area contributed by atoms with Gasteiger partial charge in [-0.2, -0.15) is 5.26 Å². The molecule has 2 heterocycles. The highest BCUT2D eigenvalue weighted by Gasteiger charge is 2.29. The van der Waals surface area contributed by atoms with E-state index in [-0.39, 0.29) is 5.97 Å². The minimum atomic E-state index is -0.144. The average Bonchev–Trinajstić information content (AvgIpc) is 2.66. The fraction of sp³-hybridized carbons (Fsp3) is 0.667. The minimum Gasteiger partial charge on any atom is -0.465 e. The van der Waals surface area contributed by atoms with Gasteiger partial charge >= 0.3 is 5.97 Å². The maximum absolute atomic E-state index is 12.0. The predicted octanol–water partition coefficient (Wildman–Crippen LogP) is 5.33. The summed E-state index contributed by atoms with van der Waals surface area (Å²) >= 11 is 8.07. The van der Waals surface area contributed by atoms with Gasteiger partial charge in [0.2, 0.25) is 0 Å². The molecule has 0 amide bonds. The molecule has 1 fully saturated rings. The first-order chi connectivity index (χ1) is 13.6. The van der Waals surface area contributed by atoms with E-state index in [4.69, 9.17) is 21.6 Å². The second-order valence-corrected chi connectivity index (χ2v) is 8.79. The Kier molecular flexibility index (Phi) is 9.94. The molecular weight excluding hydrogens is 394 g/mol. The molecule has 154 valence electrons. The third-order valence-corrected chi connectivity index (χ3v) is 6.60. The van der Waals surface area contributed by atoms with Crippen molar-refractivity contribution in [2.45, 2.75) is 57.3 Å². The molecule has 1 aliphatic rings. The van der Waals surface area contributed by atoms with Gasteiger partial charge in [0, 0.05) is 42.3 Å². The van der Waals surface area contributed by atoms with Gasteiger partial charge in [-0.1, -0.05) is 44.7 Å². The van der Waals surface area contributed by atoms with Crippen LogP contribution in [0.1, 0.15) is 52.4 Å². The second kappa shape index (κ2) is 12.2. The van der Waals surface area contributed by atoms with E-state index in [0.29, 0.717) is 42.1 Å². The Morgan fingerprint density at radius 3 is 2.96 bits per heavy atom. The van der Waals surface area contributed by atoms with Crippen LogP contribution in [0.2, 0.25) is 5.02 Å². The lowest BCUT2D eigenvalue weighted by molar-refractivity contribution is -0.144. The molecule has 0 aliphatic carbocycles. The van der Waals surface area contributed by atoms with Crippen LogP contribution in [-0.4, -0.2) is 36.4 Å². The van der Waals surface area contributed by atoms with Crippen LogP contribution < -0.4 is 4.90 Å². The lowest BCUT2D eigenvalue weighted by Crippen LogP contribution is -2.47. The number of unbranched alkanes of at least 4 members (excludes halogenated alkanes) is 1. The van der Waals surface area contributed by atoms with Crippen molar-refractivity contribution >= 4 is 35.1 Å². The standard InChI is InChI=1S/C21H30ClN3O2S/c1-3-5-6-16(4-2)15-27-19(26)9-12-28-18-8-11-24-21(20(18)22)25-13-17(14-25)7-10-23/h8,11,16-17H,3-7,9,12-15H2,1-2H3. The summed E-state index contributed by atoms with van der Waals surface area (Å²) in [4.78, 5) is 19.4. The fourth-order valence-electron chi connectivity index (χ4n) is 3.17. The van der Waals surface area contributed by atoms with E-state index in [1.165, 1.54) is 12.8 Å². The highest BCUT2D eigenvalue weighted by molar-refractivity contribution is 7.99. The monoisotopic (exact) mass is 423 g/mol. The van der Waals surface area contributed by atoms with E-state index in [2.05, 4.69) is 29.8 Å². The number of thioether (sulfide) groups is 1. The zero-order chi connectivity index (χ0) is 20.4. The number of hydrogen-bond donors (Lipinski definition) is 0. The quantitative estimate of drug-likeness (QED) is 0.334. The van der Waals surface area contributed by atoms with E-state index in [0.717, 1.165) is 36.6 Å². The molecule has 1 aromatic rings. The zero-order valence-electron chi connectivity index (χ0n) is 16.8. The number of rotatable bonds is 12. The molecule has 0 bridgehead atoms. The molecule has 2 rings (SSSR count). The average molecular weight is 424 g/mol. The Hall–Kier alpha value is -1.45. The van der Waals surface area contributed by atoms with Crippen LogP contribution in [0.3, 0.4) is 0 Å². The van der Waals surface area contributed by atoms with Gasteiger partial charge in [-0.05, 0) is 18.4 Å². The molecule has 1 unspecified atom stereocenters. The van der Waals surface area contributed by atoms with Gasteiger partial charge in [-0.25, -0.2) is 4.98 Å². The zero-order valence-corrected chi connectivity index (χ0v) is 18.4. The van der Waals surface area contributed by atoms with E-state index in [1.54, 1.807) is 18.0 Å². The molecule has 0 aromatic carbocycles. The van der Waals surface area contributed by atoms with Crippen LogP contribution in [0.25, 0.3) is 0 Å². The molecule has 1 atom stereocenters. The predicted molar refractivity (Wildman–Crippen MR) is 115 cm³/mol. The highest BCUT2D eigenvalue weighted by Crippen LogP contribution is 2.37. The molecule has 5 nitrogen and oxygen atoms in total. The Bertz CT molecular complexity index is 674. The normalized spacial score (nSPS) is 15.0. The molecule has 0 radical (unpaired) electrons. The van der Waals surface area contributed by atoms with Crippen LogP contribution in [0, 0.1) is 23.2 Å². The topological polar surface area (TPSA) is 66.2 Å². The van der Waals surface area contributed by atoms with Crippen molar-refractivity contribution in [2.24, 2.45) is 11.8 Å². The van der Waals surface area contributed by atoms with Gasteiger partial charge in [-0.3, -0.25) is 4.79 Å². The number of anilines is 1. The van der Waals surface area contributed by atoms with Gasteiger partial charge in [0.25, 0.3) is 0 Å². The molecule has 1 aliphatic heterocycles. The van der Waals surface area contributed by atoms with Crippen LogP contribution in [-0.2, 0) is 9.53 Å². The first-order valence-electron chi connectivity index (χ1n) is 10.1. The summed E-state index contributed by atoms with van der Waals surface area (Å²) in [5, 5.41) is 9.40. The fourth-order valence-corrected chi connectivity index (χ4v) is 4.43. The summed E-state index contributed by atoms with van der Waals surface area (Å²) in [6.07, 6.45) is 7.21. The number of carbonyl (C=O) groups excluding carboxylic acids is 1. The molecule has 1 saturated heterocycles. The first kappa shape index (κ1) is 22.8. The number of nitrogens with zero attached hydrogens (tertiary/aromatic N) is 3. The third-order valence-electron chi connectivity index (χ3n) is 5.06. The molecule has 7 heteroatoms. The largest absolute Gasteiger partial charge is 0.465 e. The van der Waals surface area contributed by atoms with Crippen molar-refractivity contribution in [2.75, 3.05) is 30.3 Å². The Balaban J connectivity index is 1.75. The summed E-state index contributed by atoms with van der Waals surface area (Å²) < 4.78 is 5.45. The molecule has 0 saturated carbocycles. The number of carbonyl (C=O) groups is 1. The Morgan fingerprint density at radius 2 is 2.29 bits per heavy atom. The summed E-state index contributed by atoms with van der Waals surface area (Å²) in [6.45, 7) is 6.49. The molecule has 1 aromatic heterocycles. The van der Waals surface area contributed by atoms with Crippen LogP contribution in [0.15, 0.2) is 17.2 Å². The van der Waals surface area contributed by atoms with E-state index >= 15 is 0 Å². The van der Waals surface area contributed by atoms with E-state index in [1.807, 2.05) is 6.07 Å². The van der Waals surface area contributed by atoms with E-state index < -0.39 is 0 Å². The summed E-state index contributed by atoms with van der Waals surface area (Å²) in [6, 6.07) is 4.09. The van der Waals surface area contributed by atoms with Gasteiger partial charge in [0.15, 0.2) is 0 Å². The highest BCUT2D eigenvalue weighted by atomic mass is 35.5.